The van der Waals surface area contributed by atoms with Crippen LogP contribution in [0.5, 0.6) is 0 Å². The molecule has 0 unspecified atom stereocenters. The van der Waals surface area contributed by atoms with Gasteiger partial charge in [0.2, 0.25) is 0 Å². The Morgan fingerprint density at radius 1 is 1.13 bits per heavy atom. The Balaban J connectivity index is 1.96. The summed E-state index contributed by atoms with van der Waals surface area (Å²) in [5, 5.41) is -0.665. The van der Waals surface area contributed by atoms with Gasteiger partial charge in [-0.05, 0) is 24.3 Å². The van der Waals surface area contributed by atoms with Crippen molar-refractivity contribution in [3.05, 3.63) is 51.8 Å². The number of nitrogens with one attached hydrogen (secondary N) is 1. The van der Waals surface area contributed by atoms with Gasteiger partial charge >= 0.3 is 6.18 Å². The highest BCUT2D eigenvalue weighted by Crippen LogP contribution is 2.36. The van der Waals surface area contributed by atoms with Crippen LogP contribution in [0.25, 0.3) is 0 Å². The third kappa shape index (κ3) is 5.28. The first-order chi connectivity index (χ1) is 14.4. The molecule has 1 fully saturated rings. The number of nitrogens with zero attached hydrogens (tertiary/aromatic N) is 2. The van der Waals surface area contributed by atoms with E-state index in [4.69, 9.17) is 23.2 Å². The lowest BCUT2D eigenvalue weighted by Crippen LogP contribution is -2.39. The molecule has 31 heavy (non-hydrogen) atoms. The van der Waals surface area contributed by atoms with Gasteiger partial charge in [-0.3, -0.25) is 14.3 Å². The molecule has 0 spiro atoms. The van der Waals surface area contributed by atoms with Crippen molar-refractivity contribution in [3.8, 4) is 0 Å². The summed E-state index contributed by atoms with van der Waals surface area (Å²) >= 11 is 11.4. The zero-order valence-electron chi connectivity index (χ0n) is 15.5. The number of halogens is 5. The third-order valence-electron chi connectivity index (χ3n) is 4.46. The van der Waals surface area contributed by atoms with Gasteiger partial charge in [-0.1, -0.05) is 23.2 Å². The van der Waals surface area contributed by atoms with Crippen LogP contribution in [0, 0.1) is 0 Å². The maximum Gasteiger partial charge on any atom is 0.417 e. The molecule has 1 saturated heterocycles. The number of aromatic nitrogens is 1. The van der Waals surface area contributed by atoms with E-state index < -0.39 is 37.6 Å². The van der Waals surface area contributed by atoms with Crippen LogP contribution < -0.4 is 4.72 Å². The predicted molar refractivity (Wildman–Crippen MR) is 107 cm³/mol. The summed E-state index contributed by atoms with van der Waals surface area (Å²) in [5.41, 5.74) is -1.93. The summed E-state index contributed by atoms with van der Waals surface area (Å²) in [4.78, 5) is 28.7. The maximum atomic E-state index is 13.1. The summed E-state index contributed by atoms with van der Waals surface area (Å²) in [6.45, 7) is 0.278. The number of ketones is 1. The minimum absolute atomic E-state index is 0.00255. The first-order valence-corrected chi connectivity index (χ1v) is 11.0. The standard InChI is InChI=1S/C18H14Cl2F3N3O4S/c19-10-7-15(16(24-9-10)17(28)26-5-3-11(27)4-6-26)25-31(29,30)12-1-2-14(20)13(8-12)18(21,22)23/h1-2,7-9,25H,3-6H2. The highest BCUT2D eigenvalue weighted by atomic mass is 35.5. The molecule has 0 radical (unpaired) electrons. The topological polar surface area (TPSA) is 96.4 Å². The maximum absolute atomic E-state index is 13.1. The number of pyridine rings is 1. The number of Topliss-reactive ketones (excluding diaryl/α,β-unsaturated/α-hetero) is 1. The van der Waals surface area contributed by atoms with E-state index in [1.165, 1.54) is 4.90 Å². The Morgan fingerprint density at radius 3 is 2.39 bits per heavy atom. The van der Waals surface area contributed by atoms with E-state index >= 15 is 0 Å². The smallest absolute Gasteiger partial charge is 0.336 e. The van der Waals surface area contributed by atoms with E-state index in [1.807, 2.05) is 0 Å². The van der Waals surface area contributed by atoms with Crippen LogP contribution in [0.15, 0.2) is 35.4 Å². The molecule has 166 valence electrons. The molecule has 7 nitrogen and oxygen atoms in total. The number of likely N-dealkylation sites (tertiary alicyclic amines) is 1. The monoisotopic (exact) mass is 495 g/mol. The fraction of sp³-hybridized carbons (Fsp3) is 0.278. The molecule has 1 aromatic carbocycles. The molecule has 13 heteroatoms. The lowest BCUT2D eigenvalue weighted by molar-refractivity contribution is -0.137. The Kier molecular flexibility index (Phi) is 6.49. The van der Waals surface area contributed by atoms with Crippen molar-refractivity contribution in [2.45, 2.75) is 23.9 Å². The van der Waals surface area contributed by atoms with Crippen molar-refractivity contribution in [1.29, 1.82) is 0 Å². The Labute approximate surface area is 185 Å². The lowest BCUT2D eigenvalue weighted by Gasteiger charge is -2.26. The van der Waals surface area contributed by atoms with Crippen molar-refractivity contribution in [1.82, 2.24) is 9.88 Å². The normalized spacial score (nSPS) is 15.1. The van der Waals surface area contributed by atoms with Gasteiger partial charge in [0, 0.05) is 32.1 Å². The lowest BCUT2D eigenvalue weighted by atomic mass is 10.1. The first-order valence-electron chi connectivity index (χ1n) is 8.74. The second kappa shape index (κ2) is 8.64. The van der Waals surface area contributed by atoms with E-state index in [2.05, 4.69) is 9.71 Å². The number of hydrogen-bond donors (Lipinski definition) is 1. The van der Waals surface area contributed by atoms with Crippen LogP contribution >= 0.6 is 23.2 Å². The van der Waals surface area contributed by atoms with Gasteiger partial charge in [0.05, 0.1) is 26.2 Å². The van der Waals surface area contributed by atoms with Gasteiger partial charge in [-0.15, -0.1) is 0 Å². The Bertz CT molecular complexity index is 1150. The van der Waals surface area contributed by atoms with Gasteiger partial charge < -0.3 is 4.90 Å². The van der Waals surface area contributed by atoms with E-state index in [-0.39, 0.29) is 48.1 Å². The molecule has 1 N–H and O–H groups in total. The average Bonchev–Trinajstić information content (AvgIpc) is 2.67. The Hall–Kier alpha value is -2.37. The predicted octanol–water partition coefficient (Wildman–Crippen LogP) is 4.01. The number of alkyl halides is 3. The van der Waals surface area contributed by atoms with E-state index in [0.717, 1.165) is 24.4 Å². The molecule has 0 aliphatic carbocycles. The zero-order valence-corrected chi connectivity index (χ0v) is 17.9. The number of benzene rings is 1. The fourth-order valence-electron chi connectivity index (χ4n) is 2.89. The zero-order chi connectivity index (χ0) is 23.0. The van der Waals surface area contributed by atoms with Crippen LogP contribution in [-0.4, -0.2) is 43.1 Å². The fourth-order valence-corrected chi connectivity index (χ4v) is 4.35. The molecule has 1 aliphatic heterocycles. The average molecular weight is 496 g/mol. The second-order valence-corrected chi connectivity index (χ2v) is 9.15. The molecule has 3 rings (SSSR count). The summed E-state index contributed by atoms with van der Waals surface area (Å²) in [5.74, 6) is -0.647. The van der Waals surface area contributed by atoms with Crippen LogP contribution in [-0.2, 0) is 21.0 Å². The molecule has 0 atom stereocenters. The first kappa shape index (κ1) is 23.3. The van der Waals surface area contributed by atoms with E-state index in [0.29, 0.717) is 6.07 Å². The number of carbonyl (C=O) groups excluding carboxylic acids is 2. The quantitative estimate of drug-likeness (QED) is 0.690. The molecular weight excluding hydrogens is 482 g/mol. The van der Waals surface area contributed by atoms with Crippen molar-refractivity contribution >= 4 is 50.6 Å². The minimum Gasteiger partial charge on any atom is -0.336 e. The molecule has 2 aromatic rings. The van der Waals surface area contributed by atoms with Crippen LogP contribution in [0.2, 0.25) is 10.0 Å². The molecular formula is C18H14Cl2F3N3O4S. The molecule has 0 saturated carbocycles. The van der Waals surface area contributed by atoms with Crippen LogP contribution in [0.3, 0.4) is 0 Å². The van der Waals surface area contributed by atoms with E-state index in [1.54, 1.807) is 0 Å². The molecule has 0 bridgehead atoms. The van der Waals surface area contributed by atoms with Gasteiger partial charge in [0.1, 0.15) is 5.78 Å². The van der Waals surface area contributed by atoms with Crippen molar-refractivity contribution in [2.75, 3.05) is 17.8 Å². The largest absolute Gasteiger partial charge is 0.417 e. The number of anilines is 1. The van der Waals surface area contributed by atoms with Gasteiger partial charge in [0.25, 0.3) is 15.9 Å². The third-order valence-corrected chi connectivity index (χ3v) is 6.36. The number of carbonyl (C=O) groups is 2. The van der Waals surface area contributed by atoms with Crippen molar-refractivity contribution < 1.29 is 31.2 Å². The number of hydrogen-bond acceptors (Lipinski definition) is 5. The number of rotatable bonds is 4. The molecule has 1 amide bonds. The summed E-state index contributed by atoms with van der Waals surface area (Å²) in [7, 11) is -4.56. The number of piperidine rings is 1. The highest BCUT2D eigenvalue weighted by Gasteiger charge is 2.35. The highest BCUT2D eigenvalue weighted by molar-refractivity contribution is 7.92. The van der Waals surface area contributed by atoms with Gasteiger partial charge in [-0.2, -0.15) is 13.2 Å². The number of sulfonamides is 1. The summed E-state index contributed by atoms with van der Waals surface area (Å²) in [6, 6.07) is 3.22. The Morgan fingerprint density at radius 2 is 1.77 bits per heavy atom. The van der Waals surface area contributed by atoms with Crippen molar-refractivity contribution in [3.63, 3.8) is 0 Å². The second-order valence-electron chi connectivity index (χ2n) is 6.63. The molecule has 1 aliphatic rings. The van der Waals surface area contributed by atoms with Crippen LogP contribution in [0.4, 0.5) is 18.9 Å². The minimum atomic E-state index is -4.87. The van der Waals surface area contributed by atoms with Crippen LogP contribution in [0.1, 0.15) is 28.9 Å². The van der Waals surface area contributed by atoms with Crippen molar-refractivity contribution in [2.24, 2.45) is 0 Å². The van der Waals surface area contributed by atoms with Gasteiger partial charge in [-0.25, -0.2) is 13.4 Å². The molecule has 2 heterocycles. The SMILES string of the molecule is O=C1CCN(C(=O)c2ncc(Cl)cc2NS(=O)(=O)c2ccc(Cl)c(C(F)(F)F)c2)CC1. The summed E-state index contributed by atoms with van der Waals surface area (Å²) in [6.07, 6.45) is -3.42. The number of amides is 1. The van der Waals surface area contributed by atoms with E-state index in [9.17, 15) is 31.2 Å². The van der Waals surface area contributed by atoms with Gasteiger partial charge in [0.15, 0.2) is 5.69 Å². The molecule has 1 aromatic heterocycles. The summed E-state index contributed by atoms with van der Waals surface area (Å²) < 4.78 is 66.8.